The highest BCUT2D eigenvalue weighted by atomic mass is 16.6. The minimum Gasteiger partial charge on any atom is -0.497 e. The van der Waals surface area contributed by atoms with Crippen LogP contribution in [0.25, 0.3) is 0 Å². The Hall–Kier alpha value is -2.60. The predicted molar refractivity (Wildman–Crippen MR) is 88.1 cm³/mol. The van der Waals surface area contributed by atoms with Gasteiger partial charge in [0.1, 0.15) is 11.5 Å². The van der Waals surface area contributed by atoms with Crippen molar-refractivity contribution in [3.63, 3.8) is 0 Å². The standard InChI is InChI=1S/C17H20N2O4/c1-22-15-7-8-17(23-2)16(10-15)13(11-18)9-12-3-5-14(6-4-12)19(20)21/h3-8,10,13H,9,11,18H2,1-2H3. The van der Waals surface area contributed by atoms with Gasteiger partial charge >= 0.3 is 0 Å². The molecule has 2 rings (SSSR count). The van der Waals surface area contributed by atoms with E-state index in [1.165, 1.54) is 12.1 Å². The van der Waals surface area contributed by atoms with Crippen molar-refractivity contribution in [3.8, 4) is 11.5 Å². The minimum absolute atomic E-state index is 0.0292. The molecule has 122 valence electrons. The van der Waals surface area contributed by atoms with E-state index in [0.717, 1.165) is 22.6 Å². The Morgan fingerprint density at radius 2 is 1.83 bits per heavy atom. The van der Waals surface area contributed by atoms with E-state index >= 15 is 0 Å². The molecule has 2 aromatic carbocycles. The van der Waals surface area contributed by atoms with Crippen LogP contribution in [0.2, 0.25) is 0 Å². The molecule has 0 aliphatic rings. The van der Waals surface area contributed by atoms with Crippen molar-refractivity contribution < 1.29 is 14.4 Å². The van der Waals surface area contributed by atoms with Crippen LogP contribution in [0.3, 0.4) is 0 Å². The van der Waals surface area contributed by atoms with Gasteiger partial charge in [-0.2, -0.15) is 0 Å². The molecule has 23 heavy (non-hydrogen) atoms. The summed E-state index contributed by atoms with van der Waals surface area (Å²) < 4.78 is 10.7. The number of ether oxygens (including phenoxy) is 2. The van der Waals surface area contributed by atoms with Crippen LogP contribution in [-0.2, 0) is 6.42 Å². The van der Waals surface area contributed by atoms with Crippen molar-refractivity contribution >= 4 is 5.69 Å². The second-order valence-electron chi connectivity index (χ2n) is 5.17. The summed E-state index contributed by atoms with van der Waals surface area (Å²) in [4.78, 5) is 10.3. The number of benzene rings is 2. The van der Waals surface area contributed by atoms with Gasteiger partial charge in [0, 0.05) is 23.6 Å². The normalized spacial score (nSPS) is 11.8. The fourth-order valence-electron chi connectivity index (χ4n) is 2.52. The molecule has 1 atom stereocenters. The van der Waals surface area contributed by atoms with E-state index in [1.807, 2.05) is 18.2 Å². The summed E-state index contributed by atoms with van der Waals surface area (Å²) in [7, 11) is 3.23. The maximum Gasteiger partial charge on any atom is 0.269 e. The first kappa shape index (κ1) is 16.8. The smallest absolute Gasteiger partial charge is 0.269 e. The van der Waals surface area contributed by atoms with E-state index in [4.69, 9.17) is 15.2 Å². The summed E-state index contributed by atoms with van der Waals surface area (Å²) in [5, 5.41) is 10.7. The van der Waals surface area contributed by atoms with Crippen LogP contribution < -0.4 is 15.2 Å². The van der Waals surface area contributed by atoms with E-state index < -0.39 is 4.92 Å². The Kier molecular flexibility index (Phi) is 5.54. The van der Waals surface area contributed by atoms with Crippen molar-refractivity contribution in [2.75, 3.05) is 20.8 Å². The van der Waals surface area contributed by atoms with E-state index in [2.05, 4.69) is 0 Å². The van der Waals surface area contributed by atoms with Gasteiger partial charge in [0.25, 0.3) is 5.69 Å². The second kappa shape index (κ2) is 7.60. The van der Waals surface area contributed by atoms with Crippen molar-refractivity contribution in [3.05, 3.63) is 63.7 Å². The zero-order valence-corrected chi connectivity index (χ0v) is 13.2. The third-order valence-corrected chi connectivity index (χ3v) is 3.79. The topological polar surface area (TPSA) is 87.6 Å². The molecule has 6 nitrogen and oxygen atoms in total. The lowest BCUT2D eigenvalue weighted by molar-refractivity contribution is -0.384. The maximum atomic E-state index is 10.7. The number of hydrogen-bond acceptors (Lipinski definition) is 5. The first-order valence-electron chi connectivity index (χ1n) is 7.24. The summed E-state index contributed by atoms with van der Waals surface area (Å²) in [5.41, 5.74) is 7.97. The molecule has 0 amide bonds. The van der Waals surface area contributed by atoms with Crippen molar-refractivity contribution in [2.24, 2.45) is 5.73 Å². The molecule has 0 fully saturated rings. The summed E-state index contributed by atoms with van der Waals surface area (Å²) in [5.74, 6) is 1.52. The lowest BCUT2D eigenvalue weighted by atomic mass is 9.91. The molecule has 0 bridgehead atoms. The van der Waals surface area contributed by atoms with Gasteiger partial charge in [0.15, 0.2) is 0 Å². The molecular formula is C17H20N2O4. The summed E-state index contributed by atoms with van der Waals surface area (Å²) >= 11 is 0. The fraction of sp³-hybridized carbons (Fsp3) is 0.294. The Bertz CT molecular complexity index is 671. The van der Waals surface area contributed by atoms with Crippen molar-refractivity contribution in [1.29, 1.82) is 0 Å². The van der Waals surface area contributed by atoms with E-state index in [9.17, 15) is 10.1 Å². The molecule has 1 unspecified atom stereocenters. The lowest BCUT2D eigenvalue weighted by Gasteiger charge is -2.19. The van der Waals surface area contributed by atoms with Crippen LogP contribution in [0, 0.1) is 10.1 Å². The number of rotatable bonds is 7. The molecule has 0 aromatic heterocycles. The highest BCUT2D eigenvalue weighted by Crippen LogP contribution is 2.32. The van der Waals surface area contributed by atoms with Crippen LogP contribution in [0.15, 0.2) is 42.5 Å². The Morgan fingerprint density at radius 3 is 2.35 bits per heavy atom. The Morgan fingerprint density at radius 1 is 1.13 bits per heavy atom. The van der Waals surface area contributed by atoms with Crippen LogP contribution >= 0.6 is 0 Å². The van der Waals surface area contributed by atoms with Gasteiger partial charge in [0.2, 0.25) is 0 Å². The summed E-state index contributed by atoms with van der Waals surface area (Å²) in [6.45, 7) is 0.431. The number of nitrogens with two attached hydrogens (primary N) is 1. The molecular weight excluding hydrogens is 296 g/mol. The predicted octanol–water partition coefficient (Wildman–Crippen LogP) is 2.90. The lowest BCUT2D eigenvalue weighted by Crippen LogP contribution is -2.16. The summed E-state index contributed by atoms with van der Waals surface area (Å²) in [6.07, 6.45) is 0.665. The average molecular weight is 316 g/mol. The molecule has 0 saturated heterocycles. The number of nitrogens with zero attached hydrogens (tertiary/aromatic N) is 1. The quantitative estimate of drug-likeness (QED) is 0.627. The first-order chi connectivity index (χ1) is 11.1. The third kappa shape index (κ3) is 3.98. The van der Waals surface area contributed by atoms with Gasteiger partial charge in [-0.15, -0.1) is 0 Å². The first-order valence-corrected chi connectivity index (χ1v) is 7.24. The molecule has 0 aliphatic heterocycles. The van der Waals surface area contributed by atoms with Crippen molar-refractivity contribution in [2.45, 2.75) is 12.3 Å². The van der Waals surface area contributed by atoms with Crippen molar-refractivity contribution in [1.82, 2.24) is 0 Å². The van der Waals surface area contributed by atoms with Gasteiger partial charge in [0.05, 0.1) is 19.1 Å². The molecule has 0 heterocycles. The number of hydrogen-bond donors (Lipinski definition) is 1. The van der Waals surface area contributed by atoms with Gasteiger partial charge in [-0.05, 0) is 36.7 Å². The zero-order chi connectivity index (χ0) is 16.8. The average Bonchev–Trinajstić information content (AvgIpc) is 2.59. The fourth-order valence-corrected chi connectivity index (χ4v) is 2.52. The van der Waals surface area contributed by atoms with Gasteiger partial charge in [-0.3, -0.25) is 10.1 Å². The molecule has 0 aliphatic carbocycles. The van der Waals surface area contributed by atoms with Crippen LogP contribution in [0.4, 0.5) is 5.69 Å². The van der Waals surface area contributed by atoms with E-state index in [0.29, 0.717) is 13.0 Å². The molecule has 0 saturated carbocycles. The molecule has 2 N–H and O–H groups in total. The number of non-ortho nitro benzene ring substituents is 1. The maximum absolute atomic E-state index is 10.7. The third-order valence-electron chi connectivity index (χ3n) is 3.79. The number of nitro groups is 1. The summed E-state index contributed by atoms with van der Waals surface area (Å²) in [6, 6.07) is 12.1. The zero-order valence-electron chi connectivity index (χ0n) is 13.2. The van der Waals surface area contributed by atoms with Gasteiger partial charge in [-0.25, -0.2) is 0 Å². The van der Waals surface area contributed by atoms with Gasteiger partial charge in [-0.1, -0.05) is 12.1 Å². The van der Waals surface area contributed by atoms with Crippen LogP contribution in [0.5, 0.6) is 11.5 Å². The van der Waals surface area contributed by atoms with E-state index in [1.54, 1.807) is 26.4 Å². The largest absolute Gasteiger partial charge is 0.497 e. The highest BCUT2D eigenvalue weighted by molar-refractivity contribution is 5.44. The SMILES string of the molecule is COc1ccc(OC)c(C(CN)Cc2ccc([N+](=O)[O-])cc2)c1. The van der Waals surface area contributed by atoms with Crippen LogP contribution in [-0.4, -0.2) is 25.7 Å². The number of methoxy groups -OCH3 is 2. The van der Waals surface area contributed by atoms with Crippen LogP contribution in [0.1, 0.15) is 17.0 Å². The Balaban J connectivity index is 2.27. The monoisotopic (exact) mass is 316 g/mol. The number of nitro benzene ring substituents is 1. The van der Waals surface area contributed by atoms with Gasteiger partial charge < -0.3 is 15.2 Å². The molecule has 0 spiro atoms. The molecule has 0 radical (unpaired) electrons. The molecule has 6 heteroatoms. The highest BCUT2D eigenvalue weighted by Gasteiger charge is 2.17. The molecule has 2 aromatic rings. The Labute approximate surface area is 135 Å². The minimum atomic E-state index is -0.407. The second-order valence-corrected chi connectivity index (χ2v) is 5.17. The van der Waals surface area contributed by atoms with E-state index in [-0.39, 0.29) is 11.6 Å².